The van der Waals surface area contributed by atoms with Gasteiger partial charge in [-0.05, 0) is 37.0 Å². The van der Waals surface area contributed by atoms with E-state index in [-0.39, 0.29) is 5.91 Å². The van der Waals surface area contributed by atoms with Crippen molar-refractivity contribution in [1.29, 1.82) is 0 Å². The number of anilines is 1. The van der Waals surface area contributed by atoms with E-state index in [0.717, 1.165) is 31.5 Å². The molecule has 0 spiro atoms. The van der Waals surface area contributed by atoms with Gasteiger partial charge >= 0.3 is 0 Å². The molecular weight excluding hydrogens is 302 g/mol. The second kappa shape index (κ2) is 10.4. The van der Waals surface area contributed by atoms with Gasteiger partial charge in [-0.15, -0.1) is 0 Å². The Morgan fingerprint density at radius 3 is 2.75 bits per heavy atom. The van der Waals surface area contributed by atoms with E-state index in [9.17, 15) is 4.79 Å². The normalized spacial score (nSPS) is 10.4. The van der Waals surface area contributed by atoms with E-state index < -0.39 is 0 Å². The van der Waals surface area contributed by atoms with Gasteiger partial charge in [0.1, 0.15) is 5.69 Å². The number of ether oxygens (including phenoxy) is 1. The molecule has 5 heteroatoms. The Kier molecular flexibility index (Phi) is 7.77. The summed E-state index contributed by atoms with van der Waals surface area (Å²) in [5, 5.41) is 6.19. The van der Waals surface area contributed by atoms with Gasteiger partial charge in [0.15, 0.2) is 0 Å². The number of carbonyl (C=O) groups excluding carboxylic acids is 1. The zero-order valence-electron chi connectivity index (χ0n) is 14.1. The minimum Gasteiger partial charge on any atom is -0.385 e. The third-order valence-electron chi connectivity index (χ3n) is 3.62. The summed E-state index contributed by atoms with van der Waals surface area (Å²) >= 11 is 0. The number of aryl methyl sites for hydroxylation is 1. The van der Waals surface area contributed by atoms with Gasteiger partial charge in [0.2, 0.25) is 0 Å². The highest BCUT2D eigenvalue weighted by molar-refractivity contribution is 5.93. The highest BCUT2D eigenvalue weighted by Crippen LogP contribution is 2.09. The third-order valence-corrected chi connectivity index (χ3v) is 3.62. The molecule has 0 atom stereocenters. The van der Waals surface area contributed by atoms with Crippen molar-refractivity contribution in [1.82, 2.24) is 10.3 Å². The van der Waals surface area contributed by atoms with Crippen LogP contribution in [-0.4, -0.2) is 37.7 Å². The van der Waals surface area contributed by atoms with Gasteiger partial charge in [-0.1, -0.05) is 30.3 Å². The molecule has 0 aliphatic carbocycles. The average molecular weight is 327 g/mol. The van der Waals surface area contributed by atoms with Crippen LogP contribution in [0.1, 0.15) is 28.9 Å². The van der Waals surface area contributed by atoms with Crippen molar-refractivity contribution in [3.8, 4) is 0 Å². The molecule has 0 aliphatic rings. The summed E-state index contributed by atoms with van der Waals surface area (Å²) in [5.74, 6) is -0.154. The van der Waals surface area contributed by atoms with E-state index in [1.807, 2.05) is 12.1 Å². The van der Waals surface area contributed by atoms with E-state index >= 15 is 0 Å². The number of pyridine rings is 1. The zero-order valence-corrected chi connectivity index (χ0v) is 14.1. The molecule has 128 valence electrons. The molecule has 0 unspecified atom stereocenters. The molecule has 1 aromatic carbocycles. The van der Waals surface area contributed by atoms with Gasteiger partial charge in [0.05, 0.1) is 0 Å². The van der Waals surface area contributed by atoms with Crippen LogP contribution >= 0.6 is 0 Å². The molecule has 24 heavy (non-hydrogen) atoms. The molecular formula is C19H25N3O2. The number of hydrogen-bond donors (Lipinski definition) is 2. The number of nitrogens with zero attached hydrogens (tertiary/aromatic N) is 1. The number of rotatable bonds is 10. The van der Waals surface area contributed by atoms with Gasteiger partial charge in [-0.2, -0.15) is 0 Å². The van der Waals surface area contributed by atoms with Crippen LogP contribution in [0.5, 0.6) is 0 Å². The molecule has 2 aromatic rings. The molecule has 0 bridgehead atoms. The van der Waals surface area contributed by atoms with E-state index in [2.05, 4.69) is 39.9 Å². The van der Waals surface area contributed by atoms with Crippen LogP contribution in [-0.2, 0) is 11.2 Å². The Morgan fingerprint density at radius 2 is 1.96 bits per heavy atom. The number of carbonyl (C=O) groups is 1. The van der Waals surface area contributed by atoms with Gasteiger partial charge in [-0.25, -0.2) is 0 Å². The summed E-state index contributed by atoms with van der Waals surface area (Å²) < 4.78 is 4.96. The van der Waals surface area contributed by atoms with Crippen LogP contribution in [0.25, 0.3) is 0 Å². The summed E-state index contributed by atoms with van der Waals surface area (Å²) in [5.41, 5.74) is 2.69. The van der Waals surface area contributed by atoms with Crippen molar-refractivity contribution < 1.29 is 9.53 Å². The van der Waals surface area contributed by atoms with Gasteiger partial charge in [0, 0.05) is 38.7 Å². The fourth-order valence-corrected chi connectivity index (χ4v) is 2.34. The molecule has 0 fully saturated rings. The lowest BCUT2D eigenvalue weighted by Crippen LogP contribution is -2.26. The quantitative estimate of drug-likeness (QED) is 0.659. The second-order valence-corrected chi connectivity index (χ2v) is 5.55. The fourth-order valence-electron chi connectivity index (χ4n) is 2.34. The number of nitrogens with one attached hydrogen (secondary N) is 2. The molecule has 0 aliphatic heterocycles. The average Bonchev–Trinajstić information content (AvgIpc) is 2.63. The highest BCUT2D eigenvalue weighted by atomic mass is 16.5. The third kappa shape index (κ3) is 6.38. The monoisotopic (exact) mass is 327 g/mol. The van der Waals surface area contributed by atoms with E-state index in [1.165, 1.54) is 5.56 Å². The number of methoxy groups -OCH3 is 1. The summed E-state index contributed by atoms with van der Waals surface area (Å²) in [6.45, 7) is 2.08. The van der Waals surface area contributed by atoms with Crippen molar-refractivity contribution in [3.63, 3.8) is 0 Å². The molecule has 0 radical (unpaired) electrons. The Balaban J connectivity index is 1.74. The minimum absolute atomic E-state index is 0.154. The molecule has 1 heterocycles. The van der Waals surface area contributed by atoms with Crippen molar-refractivity contribution in [3.05, 3.63) is 59.9 Å². The number of aromatic nitrogens is 1. The first-order valence-electron chi connectivity index (χ1n) is 8.30. The maximum atomic E-state index is 12.0. The van der Waals surface area contributed by atoms with Crippen molar-refractivity contribution in [2.75, 3.05) is 32.1 Å². The Hall–Kier alpha value is -2.40. The summed E-state index contributed by atoms with van der Waals surface area (Å²) in [6.07, 6.45) is 4.51. The van der Waals surface area contributed by atoms with Crippen LogP contribution in [0, 0.1) is 0 Å². The summed E-state index contributed by atoms with van der Waals surface area (Å²) in [7, 11) is 1.65. The smallest absolute Gasteiger partial charge is 0.269 e. The van der Waals surface area contributed by atoms with Crippen LogP contribution in [0.4, 0.5) is 5.69 Å². The first-order valence-corrected chi connectivity index (χ1v) is 8.30. The first kappa shape index (κ1) is 17.9. The molecule has 0 saturated heterocycles. The topological polar surface area (TPSA) is 63.2 Å². The van der Waals surface area contributed by atoms with Crippen LogP contribution in [0.2, 0.25) is 0 Å². The second-order valence-electron chi connectivity index (χ2n) is 5.55. The predicted molar refractivity (Wildman–Crippen MR) is 96.3 cm³/mol. The lowest BCUT2D eigenvalue weighted by molar-refractivity contribution is 0.0943. The molecule has 2 rings (SSSR count). The molecule has 5 nitrogen and oxygen atoms in total. The Labute approximate surface area is 143 Å². The fraction of sp³-hybridized carbons (Fsp3) is 0.368. The number of amides is 1. The van der Waals surface area contributed by atoms with Gasteiger partial charge in [-0.3, -0.25) is 9.78 Å². The zero-order chi connectivity index (χ0) is 17.0. The minimum atomic E-state index is -0.154. The van der Waals surface area contributed by atoms with E-state index in [1.54, 1.807) is 19.4 Å². The maximum absolute atomic E-state index is 12.0. The SMILES string of the molecule is COCCCNC(=O)c1cc(NCCCc2ccccc2)ccn1. The van der Waals surface area contributed by atoms with Crippen molar-refractivity contribution in [2.24, 2.45) is 0 Å². The molecule has 0 saturated carbocycles. The number of benzene rings is 1. The maximum Gasteiger partial charge on any atom is 0.269 e. The van der Waals surface area contributed by atoms with E-state index in [0.29, 0.717) is 18.8 Å². The predicted octanol–water partition coefficient (Wildman–Crippen LogP) is 2.89. The van der Waals surface area contributed by atoms with Crippen molar-refractivity contribution in [2.45, 2.75) is 19.3 Å². The first-order chi connectivity index (χ1) is 11.8. The highest BCUT2D eigenvalue weighted by Gasteiger charge is 2.07. The lowest BCUT2D eigenvalue weighted by Gasteiger charge is -2.08. The Morgan fingerprint density at radius 1 is 1.12 bits per heavy atom. The number of hydrogen-bond acceptors (Lipinski definition) is 4. The summed E-state index contributed by atoms with van der Waals surface area (Å²) in [4.78, 5) is 16.2. The lowest BCUT2D eigenvalue weighted by atomic mass is 10.1. The van der Waals surface area contributed by atoms with Crippen LogP contribution in [0.15, 0.2) is 48.7 Å². The molecule has 1 aromatic heterocycles. The van der Waals surface area contributed by atoms with Gasteiger partial charge < -0.3 is 15.4 Å². The molecule has 1 amide bonds. The van der Waals surface area contributed by atoms with Crippen molar-refractivity contribution >= 4 is 11.6 Å². The molecule has 2 N–H and O–H groups in total. The summed E-state index contributed by atoms with van der Waals surface area (Å²) in [6, 6.07) is 14.1. The van der Waals surface area contributed by atoms with E-state index in [4.69, 9.17) is 4.74 Å². The van der Waals surface area contributed by atoms with Gasteiger partial charge in [0.25, 0.3) is 5.91 Å². The Bertz CT molecular complexity index is 617. The largest absolute Gasteiger partial charge is 0.385 e. The van der Waals surface area contributed by atoms with Crippen LogP contribution < -0.4 is 10.6 Å². The standard InChI is InChI=1S/C19H25N3O2/c1-24-14-6-12-22-19(23)18-15-17(10-13-21-18)20-11-5-9-16-7-3-2-4-8-16/h2-4,7-8,10,13,15H,5-6,9,11-12,14H2,1H3,(H,20,21)(H,22,23). The van der Waals surface area contributed by atoms with Crippen LogP contribution in [0.3, 0.4) is 0 Å².